The van der Waals surface area contributed by atoms with Gasteiger partial charge in [0, 0.05) is 6.07 Å². The fourth-order valence-corrected chi connectivity index (χ4v) is 2.71. The molecule has 0 saturated heterocycles. The number of carbonyl (C=O) groups is 2. The molecule has 0 bridgehead atoms. The molecule has 0 aromatic heterocycles. The van der Waals surface area contributed by atoms with Crippen LogP contribution in [0.15, 0.2) is 24.3 Å². The van der Waals surface area contributed by atoms with Crippen molar-refractivity contribution < 1.29 is 38.2 Å². The van der Waals surface area contributed by atoms with Gasteiger partial charge in [0.05, 0.1) is 57.8 Å². The molecular weight excluding hydrogens is 400 g/mol. The van der Waals surface area contributed by atoms with Crippen LogP contribution < -0.4 is 24.3 Å². The summed E-state index contributed by atoms with van der Waals surface area (Å²) in [6.45, 7) is 0. The third-order valence-corrected chi connectivity index (χ3v) is 4.08. The number of nitro benzene ring substituents is 1. The Kier molecular flexibility index (Phi) is 7.02. The lowest BCUT2D eigenvalue weighted by Crippen LogP contribution is -2.16. The molecule has 2 aromatic rings. The van der Waals surface area contributed by atoms with Crippen molar-refractivity contribution in [2.75, 3.05) is 40.9 Å². The van der Waals surface area contributed by atoms with Crippen LogP contribution in [0.4, 0.5) is 11.4 Å². The zero-order valence-electron chi connectivity index (χ0n) is 16.9. The first-order chi connectivity index (χ1) is 14.3. The molecule has 0 radical (unpaired) electrons. The first-order valence-electron chi connectivity index (χ1n) is 8.37. The molecule has 1 N–H and O–H groups in total. The summed E-state index contributed by atoms with van der Waals surface area (Å²) in [5.74, 6) is -1.39. The molecular formula is C19H20N2O9. The quantitative estimate of drug-likeness (QED) is 0.388. The van der Waals surface area contributed by atoms with Gasteiger partial charge in [-0.15, -0.1) is 0 Å². The van der Waals surface area contributed by atoms with E-state index in [2.05, 4.69) is 5.32 Å². The molecule has 0 saturated carbocycles. The predicted molar refractivity (Wildman–Crippen MR) is 105 cm³/mol. The second-order valence-electron chi connectivity index (χ2n) is 5.69. The lowest BCUT2D eigenvalue weighted by Gasteiger charge is -2.16. The van der Waals surface area contributed by atoms with Crippen molar-refractivity contribution in [3.63, 3.8) is 0 Å². The maximum absolute atomic E-state index is 13.0. The van der Waals surface area contributed by atoms with E-state index in [4.69, 9.17) is 23.7 Å². The largest absolute Gasteiger partial charge is 0.497 e. The topological polar surface area (TPSA) is 135 Å². The van der Waals surface area contributed by atoms with Gasteiger partial charge >= 0.3 is 11.7 Å². The number of rotatable bonds is 8. The summed E-state index contributed by atoms with van der Waals surface area (Å²) < 4.78 is 25.3. The molecule has 0 aliphatic carbocycles. The van der Waals surface area contributed by atoms with Gasteiger partial charge in [-0.05, 0) is 12.1 Å². The molecule has 1 amide bonds. The van der Waals surface area contributed by atoms with E-state index in [9.17, 15) is 19.7 Å². The van der Waals surface area contributed by atoms with Crippen molar-refractivity contribution in [3.8, 4) is 23.0 Å². The third-order valence-electron chi connectivity index (χ3n) is 4.08. The average Bonchev–Trinajstić information content (AvgIpc) is 2.76. The molecule has 11 nitrogen and oxygen atoms in total. The molecule has 160 valence electrons. The number of carbonyl (C=O) groups excluding carboxylic acids is 2. The molecule has 11 heteroatoms. The Labute approximate surface area is 171 Å². The number of hydrogen-bond acceptors (Lipinski definition) is 9. The molecule has 0 aliphatic rings. The van der Waals surface area contributed by atoms with Crippen LogP contribution in [0.1, 0.15) is 20.7 Å². The average molecular weight is 420 g/mol. The van der Waals surface area contributed by atoms with Crippen LogP contribution in [0.3, 0.4) is 0 Å². The van der Waals surface area contributed by atoms with Gasteiger partial charge in [0.2, 0.25) is 5.75 Å². The summed E-state index contributed by atoms with van der Waals surface area (Å²) in [7, 11) is 6.39. The molecule has 30 heavy (non-hydrogen) atoms. The second kappa shape index (κ2) is 9.45. The number of amides is 1. The Hall–Kier alpha value is -4.02. The number of nitrogens with one attached hydrogen (secondary N) is 1. The normalized spacial score (nSPS) is 10.0. The Morgan fingerprint density at radius 2 is 1.40 bits per heavy atom. The smallest absolute Gasteiger partial charge is 0.341 e. The summed E-state index contributed by atoms with van der Waals surface area (Å²) in [6, 6.07) is 5.23. The Bertz CT molecular complexity index is 988. The molecule has 0 unspecified atom stereocenters. The standard InChI is InChI=1S/C19H20N2O9/c1-26-10-7-13(19(23)30-5)16(28-3)14(8-10)20-18(22)12-6-11(27-2)9-15(21(24)25)17(12)29-4/h6-9H,1-5H3,(H,20,22). The highest BCUT2D eigenvalue weighted by Gasteiger charge is 2.27. The zero-order valence-corrected chi connectivity index (χ0v) is 16.9. The highest BCUT2D eigenvalue weighted by atomic mass is 16.6. The maximum atomic E-state index is 13.0. The van der Waals surface area contributed by atoms with Crippen LogP contribution in [0, 0.1) is 10.1 Å². The first-order valence-corrected chi connectivity index (χ1v) is 8.37. The molecule has 0 atom stereocenters. The fourth-order valence-electron chi connectivity index (χ4n) is 2.71. The monoisotopic (exact) mass is 420 g/mol. The van der Waals surface area contributed by atoms with Crippen LogP contribution in [0.5, 0.6) is 23.0 Å². The van der Waals surface area contributed by atoms with Crippen molar-refractivity contribution in [1.29, 1.82) is 0 Å². The van der Waals surface area contributed by atoms with E-state index in [-0.39, 0.29) is 39.8 Å². The van der Waals surface area contributed by atoms with Gasteiger partial charge in [0.15, 0.2) is 5.75 Å². The highest BCUT2D eigenvalue weighted by molar-refractivity contribution is 6.09. The van der Waals surface area contributed by atoms with Crippen molar-refractivity contribution in [2.24, 2.45) is 0 Å². The second-order valence-corrected chi connectivity index (χ2v) is 5.69. The SMILES string of the molecule is COC(=O)c1cc(OC)cc(NC(=O)c2cc(OC)cc([N+](=O)[O-])c2OC)c1OC. The van der Waals surface area contributed by atoms with E-state index < -0.39 is 22.5 Å². The van der Waals surface area contributed by atoms with Crippen LogP contribution in [-0.2, 0) is 4.74 Å². The summed E-state index contributed by atoms with van der Waals surface area (Å²) >= 11 is 0. The minimum Gasteiger partial charge on any atom is -0.497 e. The van der Waals surface area contributed by atoms with Crippen molar-refractivity contribution in [2.45, 2.75) is 0 Å². The van der Waals surface area contributed by atoms with Crippen molar-refractivity contribution in [3.05, 3.63) is 45.5 Å². The lowest BCUT2D eigenvalue weighted by molar-refractivity contribution is -0.385. The first kappa shape index (κ1) is 22.3. The van der Waals surface area contributed by atoms with E-state index in [0.29, 0.717) is 0 Å². The van der Waals surface area contributed by atoms with E-state index in [0.717, 1.165) is 6.07 Å². The molecule has 0 aliphatic heterocycles. The lowest BCUT2D eigenvalue weighted by atomic mass is 10.1. The van der Waals surface area contributed by atoms with Gasteiger partial charge < -0.3 is 29.0 Å². The van der Waals surface area contributed by atoms with Crippen LogP contribution in [0.2, 0.25) is 0 Å². The van der Waals surface area contributed by atoms with Gasteiger partial charge in [-0.25, -0.2) is 4.79 Å². The van der Waals surface area contributed by atoms with Gasteiger partial charge in [0.1, 0.15) is 17.1 Å². The van der Waals surface area contributed by atoms with Crippen LogP contribution in [0.25, 0.3) is 0 Å². The van der Waals surface area contributed by atoms with Crippen molar-refractivity contribution >= 4 is 23.3 Å². The predicted octanol–water partition coefficient (Wildman–Crippen LogP) is 2.67. The number of nitrogens with zero attached hydrogens (tertiary/aromatic N) is 1. The number of esters is 1. The van der Waals surface area contributed by atoms with Crippen LogP contribution >= 0.6 is 0 Å². The molecule has 0 fully saturated rings. The van der Waals surface area contributed by atoms with E-state index in [1.807, 2.05) is 0 Å². The van der Waals surface area contributed by atoms with E-state index in [1.54, 1.807) is 0 Å². The Morgan fingerprint density at radius 3 is 1.90 bits per heavy atom. The molecule has 2 aromatic carbocycles. The van der Waals surface area contributed by atoms with Crippen LogP contribution in [-0.4, -0.2) is 52.3 Å². The molecule has 2 rings (SSSR count). The Balaban J connectivity index is 2.61. The van der Waals surface area contributed by atoms with Gasteiger partial charge in [-0.2, -0.15) is 0 Å². The van der Waals surface area contributed by atoms with Crippen molar-refractivity contribution in [1.82, 2.24) is 0 Å². The molecule has 0 spiro atoms. The van der Waals surface area contributed by atoms with E-state index in [1.165, 1.54) is 53.7 Å². The summed E-state index contributed by atoms with van der Waals surface area (Å²) in [6.07, 6.45) is 0. The maximum Gasteiger partial charge on any atom is 0.341 e. The summed E-state index contributed by atoms with van der Waals surface area (Å²) in [5.41, 5.74) is -0.518. The number of hydrogen-bond donors (Lipinski definition) is 1. The van der Waals surface area contributed by atoms with Gasteiger partial charge in [-0.3, -0.25) is 14.9 Å². The number of anilines is 1. The van der Waals surface area contributed by atoms with Gasteiger partial charge in [0.25, 0.3) is 5.91 Å². The zero-order chi connectivity index (χ0) is 22.4. The number of methoxy groups -OCH3 is 5. The Morgan fingerprint density at radius 1 is 0.833 bits per heavy atom. The van der Waals surface area contributed by atoms with Gasteiger partial charge in [-0.1, -0.05) is 0 Å². The summed E-state index contributed by atoms with van der Waals surface area (Å²) in [4.78, 5) is 35.7. The number of ether oxygens (including phenoxy) is 5. The highest BCUT2D eigenvalue weighted by Crippen LogP contribution is 2.38. The fraction of sp³-hybridized carbons (Fsp3) is 0.263. The minimum atomic E-state index is -0.767. The third kappa shape index (κ3) is 4.35. The minimum absolute atomic E-state index is 0.0123. The number of nitro groups is 1. The number of benzene rings is 2. The summed E-state index contributed by atoms with van der Waals surface area (Å²) in [5, 5.41) is 13.9. The molecule has 0 heterocycles. The van der Waals surface area contributed by atoms with E-state index >= 15 is 0 Å².